The van der Waals surface area contributed by atoms with Crippen molar-refractivity contribution in [3.05, 3.63) is 58.1 Å². The summed E-state index contributed by atoms with van der Waals surface area (Å²) < 4.78 is 0. The number of carboxylic acid groups (broad SMARTS) is 2. The van der Waals surface area contributed by atoms with Gasteiger partial charge in [0.25, 0.3) is 0 Å². The number of rotatable bonds is 3. The van der Waals surface area contributed by atoms with Gasteiger partial charge in [-0.05, 0) is 18.6 Å². The third-order valence-electron chi connectivity index (χ3n) is 3.45. The highest BCUT2D eigenvalue weighted by Gasteiger charge is 2.38. The number of nitrogens with two attached hydrogens (primary N) is 1. The quantitative estimate of drug-likeness (QED) is 0.649. The van der Waals surface area contributed by atoms with Gasteiger partial charge in [-0.15, -0.1) is 0 Å². The summed E-state index contributed by atoms with van der Waals surface area (Å²) in [7, 11) is 0. The number of benzene rings is 1. The van der Waals surface area contributed by atoms with Gasteiger partial charge < -0.3 is 21.3 Å². The Morgan fingerprint density at radius 2 is 1.82 bits per heavy atom. The van der Waals surface area contributed by atoms with Crippen LogP contribution >= 0.6 is 0 Å². The summed E-state index contributed by atoms with van der Waals surface area (Å²) in [4.78, 5) is 23.1. The Morgan fingerprint density at radius 1 is 1.23 bits per heavy atom. The van der Waals surface area contributed by atoms with Crippen LogP contribution in [0.2, 0.25) is 0 Å². The van der Waals surface area contributed by atoms with Crippen molar-refractivity contribution in [2.45, 2.75) is 12.8 Å². The highest BCUT2D eigenvalue weighted by molar-refractivity contribution is 5.98. The Balaban J connectivity index is 2.79. The second-order valence-corrected chi connectivity index (χ2v) is 4.73. The molecule has 7 heteroatoms. The molecule has 22 heavy (non-hydrogen) atoms. The van der Waals surface area contributed by atoms with Crippen LogP contribution in [0.5, 0.6) is 0 Å². The molecule has 0 spiro atoms. The number of dihydropyridines is 1. The Bertz CT molecular complexity index is 735. The molecule has 0 radical (unpaired) electrons. The van der Waals surface area contributed by atoms with Crippen LogP contribution in [0.15, 0.2) is 46.9 Å². The Morgan fingerprint density at radius 3 is 2.36 bits per heavy atom. The van der Waals surface area contributed by atoms with Crippen LogP contribution in [0.25, 0.3) is 0 Å². The maximum absolute atomic E-state index is 11.6. The largest absolute Gasteiger partial charge is 0.478 e. The van der Waals surface area contributed by atoms with Crippen LogP contribution in [0, 0.1) is 11.3 Å². The molecule has 0 saturated carbocycles. The van der Waals surface area contributed by atoms with Gasteiger partial charge in [0.15, 0.2) is 0 Å². The summed E-state index contributed by atoms with van der Waals surface area (Å²) in [5.74, 6) is -3.86. The van der Waals surface area contributed by atoms with E-state index in [0.29, 0.717) is 5.56 Å². The van der Waals surface area contributed by atoms with Crippen molar-refractivity contribution in [3.63, 3.8) is 0 Å². The molecule has 0 bridgehead atoms. The van der Waals surface area contributed by atoms with Crippen molar-refractivity contribution in [3.8, 4) is 6.07 Å². The molecule has 0 saturated heterocycles. The number of nitrogens with zero attached hydrogens (tertiary/aromatic N) is 1. The van der Waals surface area contributed by atoms with Crippen molar-refractivity contribution < 1.29 is 19.8 Å². The maximum atomic E-state index is 11.6. The molecule has 0 aromatic heterocycles. The number of nitriles is 1. The molecule has 1 aliphatic heterocycles. The lowest BCUT2D eigenvalue weighted by atomic mass is 9.79. The standard InChI is InChI=1S/C15H13N3O4/c1-7-10(14(19)20)11(12(15(21)22)13(17)18-7)9-5-3-2-4-8(9)6-16/h2-5,11,18H,17H2,1H3,(H,19,20)(H,21,22). The third-order valence-corrected chi connectivity index (χ3v) is 3.45. The van der Waals surface area contributed by atoms with Gasteiger partial charge in [0.2, 0.25) is 0 Å². The van der Waals surface area contributed by atoms with Gasteiger partial charge in [0.1, 0.15) is 5.82 Å². The molecule has 1 aromatic carbocycles. The predicted molar refractivity (Wildman–Crippen MR) is 76.2 cm³/mol. The van der Waals surface area contributed by atoms with E-state index >= 15 is 0 Å². The van der Waals surface area contributed by atoms with E-state index in [0.717, 1.165) is 0 Å². The summed E-state index contributed by atoms with van der Waals surface area (Å²) >= 11 is 0. The van der Waals surface area contributed by atoms with Gasteiger partial charge in [-0.3, -0.25) is 0 Å². The minimum atomic E-state index is -1.34. The van der Waals surface area contributed by atoms with Gasteiger partial charge >= 0.3 is 11.9 Å². The van der Waals surface area contributed by atoms with Gasteiger partial charge in [-0.1, -0.05) is 18.2 Å². The van der Waals surface area contributed by atoms with Crippen molar-refractivity contribution in [1.29, 1.82) is 5.26 Å². The molecule has 1 heterocycles. The highest BCUT2D eigenvalue weighted by Crippen LogP contribution is 2.38. The molecule has 5 N–H and O–H groups in total. The summed E-state index contributed by atoms with van der Waals surface area (Å²) in [6, 6.07) is 8.21. The molecular weight excluding hydrogens is 286 g/mol. The minimum Gasteiger partial charge on any atom is -0.478 e. The Labute approximate surface area is 126 Å². The fourth-order valence-electron chi connectivity index (χ4n) is 2.54. The maximum Gasteiger partial charge on any atom is 0.336 e. The zero-order valence-electron chi connectivity index (χ0n) is 11.6. The van der Waals surface area contributed by atoms with Crippen LogP contribution < -0.4 is 11.1 Å². The normalized spacial score (nSPS) is 17.7. The monoisotopic (exact) mass is 299 g/mol. The average Bonchev–Trinajstić information content (AvgIpc) is 2.45. The van der Waals surface area contributed by atoms with Crippen LogP contribution in [-0.2, 0) is 9.59 Å². The molecule has 7 nitrogen and oxygen atoms in total. The lowest BCUT2D eigenvalue weighted by molar-refractivity contribution is -0.133. The molecule has 0 aliphatic carbocycles. The predicted octanol–water partition coefficient (Wildman–Crippen LogP) is 0.859. The fraction of sp³-hybridized carbons (Fsp3) is 0.133. The number of allylic oxidation sites excluding steroid dienone is 1. The van der Waals surface area contributed by atoms with Gasteiger partial charge in [-0.25, -0.2) is 9.59 Å². The molecule has 0 amide bonds. The van der Waals surface area contributed by atoms with Crippen LogP contribution in [-0.4, -0.2) is 22.2 Å². The number of hydrogen-bond acceptors (Lipinski definition) is 5. The van der Waals surface area contributed by atoms with Gasteiger partial charge in [0, 0.05) is 5.70 Å². The van der Waals surface area contributed by atoms with Gasteiger partial charge in [0.05, 0.1) is 28.7 Å². The van der Waals surface area contributed by atoms with E-state index in [-0.39, 0.29) is 28.2 Å². The topological polar surface area (TPSA) is 136 Å². The molecule has 1 aromatic rings. The fourth-order valence-corrected chi connectivity index (χ4v) is 2.54. The summed E-state index contributed by atoms with van der Waals surface area (Å²) in [5, 5.41) is 30.6. The SMILES string of the molecule is CC1=C(C(=O)O)C(c2ccccc2C#N)C(C(=O)O)=C(N)N1. The second-order valence-electron chi connectivity index (χ2n) is 4.73. The zero-order chi connectivity index (χ0) is 16.4. The van der Waals surface area contributed by atoms with Crippen molar-refractivity contribution in [1.82, 2.24) is 5.32 Å². The van der Waals surface area contributed by atoms with Crippen LogP contribution in [0.4, 0.5) is 0 Å². The molecule has 1 unspecified atom stereocenters. The average molecular weight is 299 g/mol. The van der Waals surface area contributed by atoms with Crippen LogP contribution in [0.1, 0.15) is 24.0 Å². The molecule has 1 aliphatic rings. The lowest BCUT2D eigenvalue weighted by Crippen LogP contribution is -2.35. The zero-order valence-corrected chi connectivity index (χ0v) is 11.6. The van der Waals surface area contributed by atoms with Gasteiger partial charge in [-0.2, -0.15) is 5.26 Å². The molecule has 0 fully saturated rings. The molecular formula is C15H13N3O4. The first-order chi connectivity index (χ1) is 10.4. The molecule has 1 atom stereocenters. The van der Waals surface area contributed by atoms with Crippen molar-refractivity contribution in [2.24, 2.45) is 5.73 Å². The minimum absolute atomic E-state index is 0.132. The van der Waals surface area contributed by atoms with Crippen molar-refractivity contribution >= 4 is 11.9 Å². The number of hydrogen-bond donors (Lipinski definition) is 4. The van der Waals surface area contributed by atoms with E-state index in [1.165, 1.54) is 19.1 Å². The molecule has 112 valence electrons. The number of carboxylic acids is 2. The molecule has 2 rings (SSSR count). The van der Waals surface area contributed by atoms with E-state index in [1.807, 2.05) is 6.07 Å². The lowest BCUT2D eigenvalue weighted by Gasteiger charge is -2.28. The summed E-state index contributed by atoms with van der Waals surface area (Å²) in [5.41, 5.74) is 6.04. The van der Waals surface area contributed by atoms with E-state index in [2.05, 4.69) is 5.32 Å². The summed E-state index contributed by atoms with van der Waals surface area (Å²) in [6.07, 6.45) is 0. The summed E-state index contributed by atoms with van der Waals surface area (Å²) in [6.45, 7) is 1.50. The number of aliphatic carboxylic acids is 2. The van der Waals surface area contributed by atoms with E-state index in [9.17, 15) is 25.1 Å². The van der Waals surface area contributed by atoms with E-state index < -0.39 is 17.9 Å². The first-order valence-corrected chi connectivity index (χ1v) is 6.31. The first kappa shape index (κ1) is 15.1. The number of carbonyl (C=O) groups is 2. The third kappa shape index (κ3) is 2.38. The highest BCUT2D eigenvalue weighted by atomic mass is 16.4. The smallest absolute Gasteiger partial charge is 0.336 e. The Kier molecular flexibility index (Phi) is 3.86. The second kappa shape index (κ2) is 5.61. The Hall–Kier alpha value is -3.27. The number of nitrogens with one attached hydrogen (secondary N) is 1. The van der Waals surface area contributed by atoms with E-state index in [4.69, 9.17) is 5.73 Å². The van der Waals surface area contributed by atoms with E-state index in [1.54, 1.807) is 12.1 Å². The van der Waals surface area contributed by atoms with Crippen molar-refractivity contribution in [2.75, 3.05) is 0 Å². The first-order valence-electron chi connectivity index (χ1n) is 6.31. The van der Waals surface area contributed by atoms with Crippen LogP contribution in [0.3, 0.4) is 0 Å².